The van der Waals surface area contributed by atoms with Gasteiger partial charge in [0.15, 0.2) is 0 Å². The number of sulfonamides is 1. The number of methoxy groups -OCH3 is 1. The Morgan fingerprint density at radius 2 is 1.85 bits per heavy atom. The van der Waals surface area contributed by atoms with Crippen molar-refractivity contribution in [2.24, 2.45) is 0 Å². The van der Waals surface area contributed by atoms with Gasteiger partial charge in [-0.3, -0.25) is 4.79 Å². The maximum absolute atomic E-state index is 12.6. The van der Waals surface area contributed by atoms with Crippen molar-refractivity contribution in [1.29, 1.82) is 0 Å². The van der Waals surface area contributed by atoms with Crippen LogP contribution in [0, 0.1) is 6.92 Å². The van der Waals surface area contributed by atoms with Gasteiger partial charge < -0.3 is 10.1 Å². The van der Waals surface area contributed by atoms with E-state index in [-0.39, 0.29) is 29.0 Å². The van der Waals surface area contributed by atoms with Crippen LogP contribution in [0.2, 0.25) is 0 Å². The molecule has 0 spiro atoms. The van der Waals surface area contributed by atoms with Crippen LogP contribution in [0.15, 0.2) is 47.4 Å². The Morgan fingerprint density at radius 1 is 1.15 bits per heavy atom. The summed E-state index contributed by atoms with van der Waals surface area (Å²) in [5, 5.41) is 2.74. The number of aryl methyl sites for hydroxylation is 1. The van der Waals surface area contributed by atoms with E-state index in [1.165, 1.54) is 25.3 Å². The van der Waals surface area contributed by atoms with Gasteiger partial charge in [0.05, 0.1) is 17.6 Å². The lowest BCUT2D eigenvalue weighted by atomic mass is 10.1. The number of hydrogen-bond acceptors (Lipinski definition) is 4. The zero-order chi connectivity index (χ0) is 19.3. The zero-order valence-electron chi connectivity index (χ0n) is 15.4. The van der Waals surface area contributed by atoms with Gasteiger partial charge in [0.2, 0.25) is 10.0 Å². The normalized spacial score (nSPS) is 11.4. The highest BCUT2D eigenvalue weighted by molar-refractivity contribution is 7.89. The van der Waals surface area contributed by atoms with Crippen molar-refractivity contribution in [3.63, 3.8) is 0 Å². The molecular weight excluding hydrogens is 352 g/mol. The lowest BCUT2D eigenvalue weighted by molar-refractivity contribution is 0.0940. The highest BCUT2D eigenvalue weighted by Crippen LogP contribution is 2.23. The molecule has 6 nitrogen and oxygen atoms in total. The summed E-state index contributed by atoms with van der Waals surface area (Å²) < 4.78 is 33.0. The van der Waals surface area contributed by atoms with E-state index < -0.39 is 10.0 Å². The average Bonchev–Trinajstić information content (AvgIpc) is 2.60. The quantitative estimate of drug-likeness (QED) is 0.778. The Morgan fingerprint density at radius 3 is 2.46 bits per heavy atom. The highest BCUT2D eigenvalue weighted by atomic mass is 32.2. The number of rotatable bonds is 7. The Bertz CT molecular complexity index is 892. The minimum Gasteiger partial charge on any atom is -0.496 e. The molecule has 2 aromatic rings. The second-order valence-corrected chi connectivity index (χ2v) is 8.01. The lowest BCUT2D eigenvalue weighted by Gasteiger charge is -2.14. The molecule has 2 aromatic carbocycles. The fourth-order valence-electron chi connectivity index (χ4n) is 2.44. The molecule has 0 aromatic heterocycles. The van der Waals surface area contributed by atoms with E-state index in [4.69, 9.17) is 4.74 Å². The van der Waals surface area contributed by atoms with Crippen LogP contribution in [-0.2, 0) is 16.6 Å². The molecule has 0 aliphatic heterocycles. The molecule has 0 aliphatic rings. The second-order valence-electron chi connectivity index (χ2n) is 6.24. The topological polar surface area (TPSA) is 84.5 Å². The summed E-state index contributed by atoms with van der Waals surface area (Å²) in [6, 6.07) is 11.7. The third-order valence-corrected chi connectivity index (χ3v) is 5.26. The van der Waals surface area contributed by atoms with Gasteiger partial charge in [0.25, 0.3) is 5.91 Å². The van der Waals surface area contributed by atoms with Crippen molar-refractivity contribution in [2.45, 2.75) is 38.3 Å². The van der Waals surface area contributed by atoms with Crippen molar-refractivity contribution in [3.05, 3.63) is 59.2 Å². The first-order chi connectivity index (χ1) is 12.2. The average molecular weight is 376 g/mol. The number of carbonyl (C=O) groups is 1. The molecule has 2 N–H and O–H groups in total. The van der Waals surface area contributed by atoms with E-state index in [9.17, 15) is 13.2 Å². The van der Waals surface area contributed by atoms with Gasteiger partial charge in [-0.05, 0) is 50.1 Å². The van der Waals surface area contributed by atoms with Crippen LogP contribution in [0.1, 0.15) is 35.3 Å². The summed E-state index contributed by atoms with van der Waals surface area (Å²) >= 11 is 0. The fraction of sp³-hybridized carbons (Fsp3) is 0.316. The van der Waals surface area contributed by atoms with Gasteiger partial charge in [0.1, 0.15) is 5.75 Å². The molecular formula is C19H24N2O4S. The molecule has 0 radical (unpaired) electrons. The molecule has 7 heteroatoms. The third kappa shape index (κ3) is 4.83. The SMILES string of the molecule is COc1ccc(S(=O)(=O)NCc2ccccc2C)cc1C(=O)NC(C)C. The minimum atomic E-state index is -3.77. The van der Waals surface area contributed by atoms with E-state index in [1.807, 2.05) is 45.0 Å². The molecule has 0 unspecified atom stereocenters. The van der Waals surface area contributed by atoms with Crippen LogP contribution in [0.25, 0.3) is 0 Å². The Balaban J connectivity index is 2.28. The van der Waals surface area contributed by atoms with Crippen LogP contribution in [0.4, 0.5) is 0 Å². The van der Waals surface area contributed by atoms with Crippen LogP contribution in [0.5, 0.6) is 5.75 Å². The summed E-state index contributed by atoms with van der Waals surface area (Å²) in [4.78, 5) is 12.3. The Labute approximate surface area is 154 Å². The van der Waals surface area contributed by atoms with Gasteiger partial charge in [-0.2, -0.15) is 0 Å². The largest absolute Gasteiger partial charge is 0.496 e. The van der Waals surface area contributed by atoms with Crippen molar-refractivity contribution in [2.75, 3.05) is 7.11 Å². The summed E-state index contributed by atoms with van der Waals surface area (Å²) in [5.74, 6) is -0.0613. The Hall–Kier alpha value is -2.38. The number of amides is 1. The lowest BCUT2D eigenvalue weighted by Crippen LogP contribution is -2.31. The molecule has 0 aliphatic carbocycles. The first-order valence-electron chi connectivity index (χ1n) is 8.27. The summed E-state index contributed by atoms with van der Waals surface area (Å²) in [6.45, 7) is 5.75. The molecule has 0 bridgehead atoms. The van der Waals surface area contributed by atoms with Gasteiger partial charge in [-0.1, -0.05) is 24.3 Å². The van der Waals surface area contributed by atoms with E-state index in [0.29, 0.717) is 5.75 Å². The maximum atomic E-state index is 12.6. The highest BCUT2D eigenvalue weighted by Gasteiger charge is 2.20. The van der Waals surface area contributed by atoms with E-state index in [1.54, 1.807) is 0 Å². The summed E-state index contributed by atoms with van der Waals surface area (Å²) in [7, 11) is -2.33. The standard InChI is InChI=1S/C19H24N2O4S/c1-13(2)21-19(22)17-11-16(9-10-18(17)25-4)26(23,24)20-12-15-8-6-5-7-14(15)3/h5-11,13,20H,12H2,1-4H3,(H,21,22). The van der Waals surface area contributed by atoms with Crippen LogP contribution >= 0.6 is 0 Å². The first kappa shape index (κ1) is 19.9. The van der Waals surface area contributed by atoms with Crippen molar-refractivity contribution < 1.29 is 17.9 Å². The van der Waals surface area contributed by atoms with Gasteiger partial charge >= 0.3 is 0 Å². The minimum absolute atomic E-state index is 0.0146. The fourth-order valence-corrected chi connectivity index (χ4v) is 3.47. The molecule has 0 saturated heterocycles. The van der Waals surface area contributed by atoms with Crippen molar-refractivity contribution in [1.82, 2.24) is 10.0 Å². The smallest absolute Gasteiger partial charge is 0.255 e. The van der Waals surface area contributed by atoms with Crippen LogP contribution in [0.3, 0.4) is 0 Å². The third-order valence-electron chi connectivity index (χ3n) is 3.86. The predicted molar refractivity (Wildman–Crippen MR) is 101 cm³/mol. The number of ether oxygens (including phenoxy) is 1. The number of carbonyl (C=O) groups excluding carboxylic acids is 1. The zero-order valence-corrected chi connectivity index (χ0v) is 16.2. The van der Waals surface area contributed by atoms with Gasteiger partial charge in [0, 0.05) is 12.6 Å². The molecule has 2 rings (SSSR count). The van der Waals surface area contributed by atoms with Crippen LogP contribution < -0.4 is 14.8 Å². The molecule has 0 saturated carbocycles. The molecule has 140 valence electrons. The van der Waals surface area contributed by atoms with Crippen LogP contribution in [-0.4, -0.2) is 27.5 Å². The molecule has 0 fully saturated rings. The van der Waals surface area contributed by atoms with Crippen molar-refractivity contribution >= 4 is 15.9 Å². The predicted octanol–water partition coefficient (Wildman–Crippen LogP) is 2.62. The van der Waals surface area contributed by atoms with Crippen molar-refractivity contribution in [3.8, 4) is 5.75 Å². The number of nitrogens with one attached hydrogen (secondary N) is 2. The monoisotopic (exact) mass is 376 g/mol. The van der Waals surface area contributed by atoms with E-state index >= 15 is 0 Å². The Kier molecular flexibility index (Phi) is 6.39. The molecule has 26 heavy (non-hydrogen) atoms. The number of hydrogen-bond donors (Lipinski definition) is 2. The summed E-state index contributed by atoms with van der Waals surface area (Å²) in [5.41, 5.74) is 2.07. The van der Waals surface area contributed by atoms with E-state index in [2.05, 4.69) is 10.0 Å². The second kappa shape index (κ2) is 8.33. The number of benzene rings is 2. The van der Waals surface area contributed by atoms with E-state index in [0.717, 1.165) is 11.1 Å². The molecule has 0 atom stereocenters. The van der Waals surface area contributed by atoms with Gasteiger partial charge in [-0.25, -0.2) is 13.1 Å². The first-order valence-corrected chi connectivity index (χ1v) is 9.76. The summed E-state index contributed by atoms with van der Waals surface area (Å²) in [6.07, 6.45) is 0. The molecule has 1 amide bonds. The molecule has 0 heterocycles. The maximum Gasteiger partial charge on any atom is 0.255 e. The van der Waals surface area contributed by atoms with Gasteiger partial charge in [-0.15, -0.1) is 0 Å².